The van der Waals surface area contributed by atoms with Gasteiger partial charge in [0.15, 0.2) is 0 Å². The number of nitrogens with two attached hydrogens (primary N) is 1. The van der Waals surface area contributed by atoms with Gasteiger partial charge >= 0.3 is 6.09 Å². The zero-order valence-electron chi connectivity index (χ0n) is 9.75. The fourth-order valence-corrected chi connectivity index (χ4v) is 2.48. The highest BCUT2D eigenvalue weighted by molar-refractivity contribution is 5.71. The summed E-state index contributed by atoms with van der Waals surface area (Å²) < 4.78 is 5.35. The second-order valence-electron chi connectivity index (χ2n) is 5.77. The van der Waals surface area contributed by atoms with Crippen LogP contribution >= 0.6 is 0 Å². The van der Waals surface area contributed by atoms with Gasteiger partial charge in [-0.2, -0.15) is 0 Å². The van der Waals surface area contributed by atoms with E-state index < -0.39 is 5.60 Å². The highest BCUT2D eigenvalue weighted by Crippen LogP contribution is 2.46. The Morgan fingerprint density at radius 3 is 2.40 bits per heavy atom. The van der Waals surface area contributed by atoms with Gasteiger partial charge in [0.25, 0.3) is 0 Å². The second kappa shape index (κ2) is 3.11. The molecule has 1 aliphatic carbocycles. The van der Waals surface area contributed by atoms with E-state index in [1.165, 1.54) is 0 Å². The Morgan fingerprint density at radius 2 is 2.07 bits per heavy atom. The number of hydrogen-bond acceptors (Lipinski definition) is 3. The molecule has 1 heterocycles. The highest BCUT2D eigenvalue weighted by atomic mass is 16.6. The first kappa shape index (κ1) is 10.7. The van der Waals surface area contributed by atoms with E-state index in [4.69, 9.17) is 10.5 Å². The van der Waals surface area contributed by atoms with Crippen molar-refractivity contribution in [1.82, 2.24) is 4.90 Å². The molecule has 1 amide bonds. The van der Waals surface area contributed by atoms with Crippen molar-refractivity contribution in [1.29, 1.82) is 0 Å². The van der Waals surface area contributed by atoms with Crippen LogP contribution in [0.25, 0.3) is 0 Å². The van der Waals surface area contributed by atoms with Gasteiger partial charge in [0.1, 0.15) is 5.60 Å². The van der Waals surface area contributed by atoms with Crippen molar-refractivity contribution in [2.75, 3.05) is 6.54 Å². The minimum atomic E-state index is -0.403. The molecule has 4 nitrogen and oxygen atoms in total. The van der Waals surface area contributed by atoms with Crippen LogP contribution in [0, 0.1) is 0 Å². The van der Waals surface area contributed by atoms with Crippen molar-refractivity contribution in [3.63, 3.8) is 0 Å². The lowest BCUT2D eigenvalue weighted by molar-refractivity contribution is -0.0863. The number of likely N-dealkylation sites (tertiary alicyclic amines) is 1. The molecular formula is C11H20N2O2. The average Bonchev–Trinajstić information content (AvgIpc) is 1.91. The number of nitrogens with zero attached hydrogens (tertiary/aromatic N) is 1. The summed E-state index contributed by atoms with van der Waals surface area (Å²) in [5.74, 6) is 0. The van der Waals surface area contributed by atoms with E-state index in [-0.39, 0.29) is 17.7 Å². The number of hydrogen-bond donors (Lipinski definition) is 1. The first-order valence-electron chi connectivity index (χ1n) is 5.59. The lowest BCUT2D eigenvalue weighted by Crippen LogP contribution is -2.71. The summed E-state index contributed by atoms with van der Waals surface area (Å²) in [6, 6.07) is 0.273. The van der Waals surface area contributed by atoms with E-state index in [0.717, 1.165) is 25.8 Å². The van der Waals surface area contributed by atoms with E-state index in [0.29, 0.717) is 0 Å². The van der Waals surface area contributed by atoms with Crippen LogP contribution in [0.3, 0.4) is 0 Å². The first-order chi connectivity index (χ1) is 6.82. The molecule has 0 radical (unpaired) electrons. The van der Waals surface area contributed by atoms with Gasteiger partial charge in [0, 0.05) is 12.6 Å². The van der Waals surface area contributed by atoms with Crippen molar-refractivity contribution >= 4 is 6.09 Å². The van der Waals surface area contributed by atoms with Gasteiger partial charge in [-0.3, -0.25) is 0 Å². The molecule has 1 spiro atoms. The third-order valence-corrected chi connectivity index (χ3v) is 3.27. The van der Waals surface area contributed by atoms with Crippen LogP contribution in [-0.4, -0.2) is 34.7 Å². The minimum absolute atomic E-state index is 0.0573. The monoisotopic (exact) mass is 212 g/mol. The van der Waals surface area contributed by atoms with Gasteiger partial charge in [0.2, 0.25) is 0 Å². The summed E-state index contributed by atoms with van der Waals surface area (Å²) in [7, 11) is 0. The Bertz CT molecular complexity index is 277. The molecule has 2 N–H and O–H groups in total. The SMILES string of the molecule is CC(C)(C)OC(=O)N1CCC12CC(N)C2. The Labute approximate surface area is 90.8 Å². The molecule has 1 saturated carbocycles. The summed E-state index contributed by atoms with van der Waals surface area (Å²) in [4.78, 5) is 13.7. The maximum absolute atomic E-state index is 11.8. The van der Waals surface area contributed by atoms with Gasteiger partial charge in [-0.25, -0.2) is 4.79 Å². The van der Waals surface area contributed by atoms with E-state index in [1.54, 1.807) is 0 Å². The lowest BCUT2D eigenvalue weighted by Gasteiger charge is -2.60. The number of carbonyl (C=O) groups excluding carboxylic acids is 1. The summed E-state index contributed by atoms with van der Waals surface area (Å²) >= 11 is 0. The molecule has 2 fully saturated rings. The molecule has 2 rings (SSSR count). The third-order valence-electron chi connectivity index (χ3n) is 3.27. The zero-order valence-corrected chi connectivity index (χ0v) is 9.75. The quantitative estimate of drug-likeness (QED) is 0.662. The Hall–Kier alpha value is -0.770. The smallest absolute Gasteiger partial charge is 0.410 e. The average molecular weight is 212 g/mol. The minimum Gasteiger partial charge on any atom is -0.444 e. The molecule has 2 aliphatic rings. The number of carbonyl (C=O) groups is 1. The van der Waals surface area contributed by atoms with E-state index >= 15 is 0 Å². The van der Waals surface area contributed by atoms with Gasteiger partial charge in [-0.05, 0) is 40.0 Å². The predicted molar refractivity (Wildman–Crippen MR) is 57.5 cm³/mol. The van der Waals surface area contributed by atoms with Gasteiger partial charge in [0.05, 0.1) is 5.54 Å². The Morgan fingerprint density at radius 1 is 1.47 bits per heavy atom. The maximum Gasteiger partial charge on any atom is 0.410 e. The third kappa shape index (κ3) is 1.83. The fourth-order valence-electron chi connectivity index (χ4n) is 2.48. The molecule has 0 bridgehead atoms. The van der Waals surface area contributed by atoms with Crippen molar-refractivity contribution in [2.24, 2.45) is 5.73 Å². The van der Waals surface area contributed by atoms with Crippen LogP contribution < -0.4 is 5.73 Å². The number of ether oxygens (including phenoxy) is 1. The Balaban J connectivity index is 1.92. The maximum atomic E-state index is 11.8. The second-order valence-corrected chi connectivity index (χ2v) is 5.77. The predicted octanol–water partition coefficient (Wildman–Crippen LogP) is 1.49. The molecule has 0 aromatic carbocycles. The highest BCUT2D eigenvalue weighted by Gasteiger charge is 2.55. The molecule has 1 aliphatic heterocycles. The molecular weight excluding hydrogens is 192 g/mol. The number of amides is 1. The van der Waals surface area contributed by atoms with Crippen LogP contribution in [-0.2, 0) is 4.74 Å². The van der Waals surface area contributed by atoms with Crippen molar-refractivity contribution in [3.8, 4) is 0 Å². The summed E-state index contributed by atoms with van der Waals surface area (Å²) in [5.41, 5.74) is 5.43. The van der Waals surface area contributed by atoms with Gasteiger partial charge in [-0.15, -0.1) is 0 Å². The molecule has 0 atom stereocenters. The molecule has 0 aromatic heterocycles. The first-order valence-corrected chi connectivity index (χ1v) is 5.59. The van der Waals surface area contributed by atoms with Crippen LogP contribution in [0.5, 0.6) is 0 Å². The topological polar surface area (TPSA) is 55.6 Å². The largest absolute Gasteiger partial charge is 0.444 e. The van der Waals surface area contributed by atoms with Crippen LogP contribution in [0.4, 0.5) is 4.79 Å². The van der Waals surface area contributed by atoms with Gasteiger partial charge < -0.3 is 15.4 Å². The van der Waals surface area contributed by atoms with Crippen molar-refractivity contribution in [3.05, 3.63) is 0 Å². The zero-order chi connectivity index (χ0) is 11.3. The van der Waals surface area contributed by atoms with E-state index in [2.05, 4.69) is 0 Å². The number of rotatable bonds is 0. The van der Waals surface area contributed by atoms with Crippen molar-refractivity contribution < 1.29 is 9.53 Å². The van der Waals surface area contributed by atoms with E-state index in [1.807, 2.05) is 25.7 Å². The van der Waals surface area contributed by atoms with Crippen LogP contribution in [0.2, 0.25) is 0 Å². The summed E-state index contributed by atoms with van der Waals surface area (Å²) in [6.07, 6.45) is 2.78. The molecule has 0 aromatic rings. The summed E-state index contributed by atoms with van der Waals surface area (Å²) in [5, 5.41) is 0. The molecule has 0 unspecified atom stereocenters. The molecule has 1 saturated heterocycles. The van der Waals surface area contributed by atoms with Gasteiger partial charge in [-0.1, -0.05) is 0 Å². The van der Waals surface area contributed by atoms with E-state index in [9.17, 15) is 4.79 Å². The molecule has 15 heavy (non-hydrogen) atoms. The van der Waals surface area contributed by atoms with Crippen molar-refractivity contribution in [2.45, 2.75) is 57.2 Å². The molecule has 86 valence electrons. The fraction of sp³-hybridized carbons (Fsp3) is 0.909. The summed E-state index contributed by atoms with van der Waals surface area (Å²) in [6.45, 7) is 6.50. The standard InChI is InChI=1S/C11H20N2O2/c1-10(2,3)15-9(14)13-5-4-11(13)6-8(12)7-11/h8H,4-7,12H2,1-3H3. The Kier molecular flexibility index (Phi) is 2.23. The normalized spacial score (nSPS) is 34.7. The molecule has 4 heteroatoms. The van der Waals surface area contributed by atoms with Crippen LogP contribution in [0.1, 0.15) is 40.0 Å². The van der Waals surface area contributed by atoms with Crippen LogP contribution in [0.15, 0.2) is 0 Å². The lowest BCUT2D eigenvalue weighted by atomic mass is 9.65.